The van der Waals surface area contributed by atoms with Gasteiger partial charge in [-0.05, 0) is 56.3 Å². The first-order valence-corrected chi connectivity index (χ1v) is 6.85. The van der Waals surface area contributed by atoms with Crippen molar-refractivity contribution in [2.24, 2.45) is 23.2 Å². The van der Waals surface area contributed by atoms with Gasteiger partial charge in [0.05, 0.1) is 6.54 Å². The van der Waals surface area contributed by atoms with Crippen LogP contribution in [0.4, 0.5) is 0 Å². The minimum atomic E-state index is -0.0944. The minimum Gasteiger partial charge on any atom is -0.349 e. The van der Waals surface area contributed by atoms with Gasteiger partial charge in [0.15, 0.2) is 5.78 Å². The van der Waals surface area contributed by atoms with E-state index in [4.69, 9.17) is 0 Å². The van der Waals surface area contributed by atoms with Crippen LogP contribution >= 0.6 is 0 Å². The molecule has 0 aliphatic heterocycles. The lowest BCUT2D eigenvalue weighted by Gasteiger charge is -2.56. The van der Waals surface area contributed by atoms with Crippen LogP contribution in [0.5, 0.6) is 0 Å². The molecule has 4 bridgehead atoms. The van der Waals surface area contributed by atoms with Crippen LogP contribution in [0, 0.1) is 23.2 Å². The predicted octanol–water partition coefficient (Wildman–Crippen LogP) is 1.91. The molecule has 0 atom stereocenters. The molecule has 4 saturated carbocycles. The first kappa shape index (κ1) is 11.2. The highest BCUT2D eigenvalue weighted by Crippen LogP contribution is 2.60. The molecule has 0 aromatic rings. The van der Waals surface area contributed by atoms with Crippen molar-refractivity contribution < 1.29 is 9.59 Å². The summed E-state index contributed by atoms with van der Waals surface area (Å²) < 4.78 is 0. The fraction of sp³-hybridized carbons (Fsp3) is 0.857. The number of ketones is 1. The molecule has 1 N–H and O–H groups in total. The summed E-state index contributed by atoms with van der Waals surface area (Å²) in [5.41, 5.74) is -0.0583. The first-order valence-electron chi connectivity index (χ1n) is 6.85. The van der Waals surface area contributed by atoms with Gasteiger partial charge in [-0.1, -0.05) is 0 Å². The van der Waals surface area contributed by atoms with Crippen molar-refractivity contribution in [3.8, 4) is 0 Å². The van der Waals surface area contributed by atoms with Crippen molar-refractivity contribution >= 4 is 11.7 Å². The Morgan fingerprint density at radius 2 is 1.53 bits per heavy atom. The summed E-state index contributed by atoms with van der Waals surface area (Å²) in [6, 6.07) is 0. The summed E-state index contributed by atoms with van der Waals surface area (Å²) >= 11 is 0. The van der Waals surface area contributed by atoms with Crippen molar-refractivity contribution in [1.29, 1.82) is 0 Å². The highest BCUT2D eigenvalue weighted by atomic mass is 16.2. The highest BCUT2D eigenvalue weighted by Gasteiger charge is 2.53. The molecule has 4 rings (SSSR count). The predicted molar refractivity (Wildman–Crippen MR) is 64.3 cm³/mol. The Kier molecular flexibility index (Phi) is 2.53. The summed E-state index contributed by atoms with van der Waals surface area (Å²) in [6.07, 6.45) is 7.35. The Morgan fingerprint density at radius 3 is 1.94 bits per heavy atom. The van der Waals surface area contributed by atoms with Crippen LogP contribution in [-0.4, -0.2) is 18.2 Å². The van der Waals surface area contributed by atoms with Gasteiger partial charge in [0, 0.05) is 12.3 Å². The Hall–Kier alpha value is -0.860. The summed E-state index contributed by atoms with van der Waals surface area (Å²) in [4.78, 5) is 23.3. The van der Waals surface area contributed by atoms with Gasteiger partial charge in [-0.25, -0.2) is 0 Å². The lowest BCUT2D eigenvalue weighted by atomic mass is 9.48. The van der Waals surface area contributed by atoms with E-state index in [0.717, 1.165) is 37.0 Å². The minimum absolute atomic E-state index is 0.0583. The van der Waals surface area contributed by atoms with Crippen molar-refractivity contribution in [2.45, 2.75) is 45.4 Å². The quantitative estimate of drug-likeness (QED) is 0.812. The molecule has 1 amide bonds. The molecule has 0 unspecified atom stereocenters. The Bertz CT molecular complexity index is 326. The molecule has 0 radical (unpaired) electrons. The van der Waals surface area contributed by atoms with Gasteiger partial charge >= 0.3 is 0 Å². The molecular formula is C14H21NO2. The number of carbonyl (C=O) groups is 2. The maximum absolute atomic E-state index is 12.4. The van der Waals surface area contributed by atoms with Crippen molar-refractivity contribution in [3.63, 3.8) is 0 Å². The van der Waals surface area contributed by atoms with Gasteiger partial charge in [-0.15, -0.1) is 0 Å². The molecule has 0 heterocycles. The van der Waals surface area contributed by atoms with Gasteiger partial charge in [-0.2, -0.15) is 0 Å². The van der Waals surface area contributed by atoms with E-state index in [1.54, 1.807) is 0 Å². The zero-order valence-electron chi connectivity index (χ0n) is 10.5. The van der Waals surface area contributed by atoms with E-state index < -0.39 is 0 Å². The maximum Gasteiger partial charge on any atom is 0.217 e. The first-order chi connectivity index (χ1) is 8.07. The van der Waals surface area contributed by atoms with Crippen LogP contribution in [0.2, 0.25) is 0 Å². The van der Waals surface area contributed by atoms with E-state index >= 15 is 0 Å². The van der Waals surface area contributed by atoms with E-state index in [2.05, 4.69) is 5.32 Å². The Morgan fingerprint density at radius 1 is 1.06 bits per heavy atom. The third-order valence-electron chi connectivity index (χ3n) is 5.13. The maximum atomic E-state index is 12.4. The normalized spacial score (nSPS) is 42.5. The van der Waals surface area contributed by atoms with Gasteiger partial charge < -0.3 is 5.32 Å². The number of hydrogen-bond acceptors (Lipinski definition) is 2. The van der Waals surface area contributed by atoms with Crippen LogP contribution in [0.1, 0.15) is 45.4 Å². The van der Waals surface area contributed by atoms with Gasteiger partial charge in [0.2, 0.25) is 5.91 Å². The molecule has 3 heteroatoms. The molecule has 3 nitrogen and oxygen atoms in total. The molecule has 0 saturated heterocycles. The number of Topliss-reactive ketones (excluding diaryl/α,β-unsaturated/α-hetero) is 1. The lowest BCUT2D eigenvalue weighted by Crippen LogP contribution is -2.52. The van der Waals surface area contributed by atoms with E-state index in [0.29, 0.717) is 5.78 Å². The second-order valence-electron chi connectivity index (χ2n) is 6.53. The fourth-order valence-electron chi connectivity index (χ4n) is 4.84. The number of amides is 1. The molecule has 0 aromatic carbocycles. The third-order valence-corrected chi connectivity index (χ3v) is 5.13. The zero-order valence-corrected chi connectivity index (χ0v) is 10.5. The molecule has 4 aliphatic carbocycles. The summed E-state index contributed by atoms with van der Waals surface area (Å²) in [6.45, 7) is 1.73. The standard InChI is InChI=1S/C14H21NO2/c1-9(16)15-8-13(17)14-5-10-2-11(6-14)4-12(3-10)7-14/h10-12H,2-8H2,1H3,(H,15,16). The van der Waals surface area contributed by atoms with Crippen LogP contribution in [-0.2, 0) is 9.59 Å². The van der Waals surface area contributed by atoms with Crippen molar-refractivity contribution in [2.75, 3.05) is 6.54 Å². The average Bonchev–Trinajstić information content (AvgIpc) is 2.23. The van der Waals surface area contributed by atoms with Crippen LogP contribution in [0.15, 0.2) is 0 Å². The molecule has 0 aromatic heterocycles. The Balaban J connectivity index is 1.73. The van der Waals surface area contributed by atoms with E-state index in [1.807, 2.05) is 0 Å². The summed E-state index contributed by atoms with van der Waals surface area (Å²) in [5, 5.41) is 2.68. The average molecular weight is 235 g/mol. The number of rotatable bonds is 3. The van der Waals surface area contributed by atoms with Crippen LogP contribution in [0.25, 0.3) is 0 Å². The zero-order chi connectivity index (χ0) is 12.0. The molecule has 0 spiro atoms. The second kappa shape index (κ2) is 3.82. The van der Waals surface area contributed by atoms with Gasteiger partial charge in [0.25, 0.3) is 0 Å². The molecule has 4 fully saturated rings. The topological polar surface area (TPSA) is 46.2 Å². The van der Waals surface area contributed by atoms with Crippen molar-refractivity contribution in [3.05, 3.63) is 0 Å². The fourth-order valence-corrected chi connectivity index (χ4v) is 4.84. The SMILES string of the molecule is CC(=O)NCC(=O)C12CC3CC(CC(C3)C1)C2. The van der Waals surface area contributed by atoms with Crippen molar-refractivity contribution in [1.82, 2.24) is 5.32 Å². The molecule has 4 aliphatic rings. The van der Waals surface area contributed by atoms with E-state index in [9.17, 15) is 9.59 Å². The Labute approximate surface area is 102 Å². The number of nitrogens with one attached hydrogen (secondary N) is 1. The number of hydrogen-bond donors (Lipinski definition) is 1. The molecule has 94 valence electrons. The monoisotopic (exact) mass is 235 g/mol. The van der Waals surface area contributed by atoms with E-state index in [-0.39, 0.29) is 17.9 Å². The van der Waals surface area contributed by atoms with E-state index in [1.165, 1.54) is 26.2 Å². The lowest BCUT2D eigenvalue weighted by molar-refractivity contribution is -0.143. The van der Waals surface area contributed by atoms with Gasteiger partial charge in [-0.3, -0.25) is 9.59 Å². The smallest absolute Gasteiger partial charge is 0.217 e. The van der Waals surface area contributed by atoms with Crippen LogP contribution in [0.3, 0.4) is 0 Å². The summed E-state index contributed by atoms with van der Waals surface area (Å²) in [7, 11) is 0. The summed E-state index contributed by atoms with van der Waals surface area (Å²) in [5.74, 6) is 2.59. The highest BCUT2D eigenvalue weighted by molar-refractivity contribution is 5.90. The second-order valence-corrected chi connectivity index (χ2v) is 6.53. The molecular weight excluding hydrogens is 214 g/mol. The third kappa shape index (κ3) is 1.90. The van der Waals surface area contributed by atoms with Crippen LogP contribution < -0.4 is 5.32 Å². The van der Waals surface area contributed by atoms with Gasteiger partial charge in [0.1, 0.15) is 0 Å². The molecule has 17 heavy (non-hydrogen) atoms. The largest absolute Gasteiger partial charge is 0.349 e. The number of carbonyl (C=O) groups excluding carboxylic acids is 2.